The van der Waals surface area contributed by atoms with Gasteiger partial charge >= 0.3 is 0 Å². The van der Waals surface area contributed by atoms with Gasteiger partial charge in [-0.1, -0.05) is 12.1 Å². The molecule has 3 rings (SSSR count). The molecule has 2 aliphatic rings. The third-order valence-corrected chi connectivity index (χ3v) is 4.46. The lowest BCUT2D eigenvalue weighted by Gasteiger charge is -2.38. The van der Waals surface area contributed by atoms with Crippen LogP contribution in [-0.2, 0) is 14.3 Å². The van der Waals surface area contributed by atoms with Crippen molar-refractivity contribution in [2.24, 2.45) is 5.73 Å². The van der Waals surface area contributed by atoms with Crippen molar-refractivity contribution in [2.75, 3.05) is 19.6 Å². The Morgan fingerprint density at radius 1 is 1.25 bits per heavy atom. The molecule has 134 valence electrons. The molecule has 1 aromatic carbocycles. The minimum Gasteiger partial charge on any atom is -0.367 e. The highest BCUT2D eigenvalue weighted by Gasteiger charge is 2.36. The van der Waals surface area contributed by atoms with E-state index in [2.05, 4.69) is 0 Å². The predicted octanol–water partition coefficient (Wildman–Crippen LogP) is 2.04. The maximum atomic E-state index is 13.1. The summed E-state index contributed by atoms with van der Waals surface area (Å²) in [4.78, 5) is 14.5. The maximum Gasteiger partial charge on any atom is 0.251 e. The third-order valence-electron chi connectivity index (χ3n) is 4.46. The predicted molar refractivity (Wildman–Crippen MR) is 90.5 cm³/mol. The summed E-state index contributed by atoms with van der Waals surface area (Å²) in [7, 11) is 0. The van der Waals surface area contributed by atoms with Crippen LogP contribution in [0.4, 0.5) is 4.39 Å². The molecular weight excluding hydrogens is 335 g/mol. The molecule has 2 fully saturated rings. The summed E-state index contributed by atoms with van der Waals surface area (Å²) >= 11 is 0. The average Bonchev–Trinajstić information content (AvgIpc) is 3.03. The van der Waals surface area contributed by atoms with E-state index in [0.29, 0.717) is 26.1 Å². The molecule has 0 bridgehead atoms. The van der Waals surface area contributed by atoms with Gasteiger partial charge in [0, 0.05) is 13.1 Å². The molecule has 2 unspecified atom stereocenters. The monoisotopic (exact) mass is 358 g/mol. The van der Waals surface area contributed by atoms with Crippen LogP contribution in [0.2, 0.25) is 0 Å². The molecule has 2 N–H and O–H groups in total. The summed E-state index contributed by atoms with van der Waals surface area (Å²) < 4.78 is 24.7. The Balaban J connectivity index is 0.00000208. The van der Waals surface area contributed by atoms with Crippen molar-refractivity contribution in [2.45, 2.75) is 44.2 Å². The molecular formula is C17H24ClFN2O3. The molecule has 0 aromatic heterocycles. The maximum absolute atomic E-state index is 13.1. The van der Waals surface area contributed by atoms with Gasteiger partial charge < -0.3 is 20.1 Å². The Hall–Kier alpha value is -1.21. The molecule has 24 heavy (non-hydrogen) atoms. The highest BCUT2D eigenvalue weighted by atomic mass is 35.5. The van der Waals surface area contributed by atoms with Gasteiger partial charge in [-0.2, -0.15) is 0 Å². The fraction of sp³-hybridized carbons (Fsp3) is 0.588. The fourth-order valence-electron chi connectivity index (χ4n) is 3.26. The SMILES string of the molecule is CC1CN(C(=O)[C@@H]2CC[C@H](CN)O2)CC(c2ccc(F)cc2)O1.Cl. The van der Waals surface area contributed by atoms with Crippen LogP contribution in [-0.4, -0.2) is 48.8 Å². The minimum absolute atomic E-state index is 0. The molecule has 5 nitrogen and oxygen atoms in total. The molecule has 1 aromatic rings. The van der Waals surface area contributed by atoms with Gasteiger partial charge in [0.15, 0.2) is 0 Å². The van der Waals surface area contributed by atoms with Crippen LogP contribution in [0.1, 0.15) is 31.4 Å². The molecule has 1 amide bonds. The lowest BCUT2D eigenvalue weighted by atomic mass is 10.1. The number of nitrogens with two attached hydrogens (primary N) is 1. The zero-order chi connectivity index (χ0) is 16.4. The molecule has 0 saturated carbocycles. The highest BCUT2D eigenvalue weighted by Crippen LogP contribution is 2.28. The number of carbonyl (C=O) groups is 1. The van der Waals surface area contributed by atoms with E-state index in [9.17, 15) is 9.18 Å². The first kappa shape index (κ1) is 19.1. The number of hydrogen-bond acceptors (Lipinski definition) is 4. The summed E-state index contributed by atoms with van der Waals surface area (Å²) in [6.45, 7) is 3.39. The summed E-state index contributed by atoms with van der Waals surface area (Å²) in [5.74, 6) is -0.277. The van der Waals surface area contributed by atoms with Crippen molar-refractivity contribution in [1.29, 1.82) is 0 Å². The van der Waals surface area contributed by atoms with Gasteiger partial charge in [-0.3, -0.25) is 4.79 Å². The molecule has 0 spiro atoms. The molecule has 4 atom stereocenters. The first-order chi connectivity index (χ1) is 11.1. The van der Waals surface area contributed by atoms with Crippen molar-refractivity contribution in [3.05, 3.63) is 35.6 Å². The lowest BCUT2D eigenvalue weighted by molar-refractivity contribution is -0.155. The van der Waals surface area contributed by atoms with Crippen molar-refractivity contribution in [3.63, 3.8) is 0 Å². The number of rotatable bonds is 3. The summed E-state index contributed by atoms with van der Waals surface area (Å²) in [6, 6.07) is 6.24. The number of benzene rings is 1. The van der Waals surface area contributed by atoms with Gasteiger partial charge in [0.2, 0.25) is 0 Å². The number of amides is 1. The van der Waals surface area contributed by atoms with Crippen molar-refractivity contribution in [1.82, 2.24) is 4.90 Å². The van der Waals surface area contributed by atoms with E-state index in [1.807, 2.05) is 6.92 Å². The second-order valence-corrected chi connectivity index (χ2v) is 6.29. The summed E-state index contributed by atoms with van der Waals surface area (Å²) in [5, 5.41) is 0. The molecule has 2 heterocycles. The van der Waals surface area contributed by atoms with Crippen LogP contribution in [0, 0.1) is 5.82 Å². The number of nitrogens with zero attached hydrogens (tertiary/aromatic N) is 1. The van der Waals surface area contributed by atoms with E-state index in [1.165, 1.54) is 12.1 Å². The van der Waals surface area contributed by atoms with Crippen LogP contribution in [0.3, 0.4) is 0 Å². The average molecular weight is 359 g/mol. The Morgan fingerprint density at radius 2 is 1.96 bits per heavy atom. The van der Waals surface area contributed by atoms with Gasteiger partial charge in [0.25, 0.3) is 5.91 Å². The topological polar surface area (TPSA) is 64.8 Å². The van der Waals surface area contributed by atoms with Gasteiger partial charge in [-0.15, -0.1) is 12.4 Å². The van der Waals surface area contributed by atoms with Crippen LogP contribution < -0.4 is 5.73 Å². The number of morpholine rings is 1. The van der Waals surface area contributed by atoms with Crippen molar-refractivity contribution >= 4 is 18.3 Å². The van der Waals surface area contributed by atoms with E-state index >= 15 is 0 Å². The first-order valence-electron chi connectivity index (χ1n) is 8.12. The van der Waals surface area contributed by atoms with Crippen LogP contribution in [0.5, 0.6) is 0 Å². The number of hydrogen-bond donors (Lipinski definition) is 1. The number of halogens is 2. The third kappa shape index (κ3) is 4.25. The largest absolute Gasteiger partial charge is 0.367 e. The van der Waals surface area contributed by atoms with Gasteiger partial charge in [-0.25, -0.2) is 4.39 Å². The normalized spacial score (nSPS) is 30.0. The quantitative estimate of drug-likeness (QED) is 0.898. The fourth-order valence-corrected chi connectivity index (χ4v) is 3.26. The van der Waals surface area contributed by atoms with Crippen molar-refractivity contribution < 1.29 is 18.7 Å². The first-order valence-corrected chi connectivity index (χ1v) is 8.12. The van der Waals surface area contributed by atoms with E-state index in [0.717, 1.165) is 12.0 Å². The summed E-state index contributed by atoms with van der Waals surface area (Å²) in [5.41, 5.74) is 6.48. The van der Waals surface area contributed by atoms with Crippen molar-refractivity contribution in [3.8, 4) is 0 Å². The molecule has 2 saturated heterocycles. The highest BCUT2D eigenvalue weighted by molar-refractivity contribution is 5.85. The Labute approximate surface area is 147 Å². The smallest absolute Gasteiger partial charge is 0.251 e. The van der Waals surface area contributed by atoms with E-state index in [1.54, 1.807) is 17.0 Å². The number of carbonyl (C=O) groups excluding carboxylic acids is 1. The van der Waals surface area contributed by atoms with Crippen LogP contribution in [0.15, 0.2) is 24.3 Å². The van der Waals surface area contributed by atoms with E-state index < -0.39 is 6.10 Å². The lowest BCUT2D eigenvalue weighted by Crippen LogP contribution is -2.49. The Kier molecular flexibility index (Phi) is 6.57. The van der Waals surface area contributed by atoms with Gasteiger partial charge in [-0.05, 0) is 37.5 Å². The molecule has 2 aliphatic heterocycles. The van der Waals surface area contributed by atoms with Gasteiger partial charge in [0.1, 0.15) is 18.0 Å². The number of ether oxygens (including phenoxy) is 2. The van der Waals surface area contributed by atoms with E-state index in [-0.39, 0.29) is 42.4 Å². The molecule has 0 aliphatic carbocycles. The Bertz CT molecular complexity index is 557. The molecule has 0 radical (unpaired) electrons. The van der Waals surface area contributed by atoms with Crippen LogP contribution in [0.25, 0.3) is 0 Å². The zero-order valence-corrected chi connectivity index (χ0v) is 14.5. The zero-order valence-electron chi connectivity index (χ0n) is 13.7. The van der Waals surface area contributed by atoms with Gasteiger partial charge in [0.05, 0.1) is 18.8 Å². The molecule has 7 heteroatoms. The van der Waals surface area contributed by atoms with Crippen LogP contribution >= 0.6 is 12.4 Å². The standard InChI is InChI=1S/C17H23FN2O3.ClH/c1-11-9-20(17(21)15-7-6-14(8-19)23-15)10-16(22-11)12-2-4-13(18)5-3-12;/h2-5,11,14-16H,6-10,19H2,1H3;1H/t11?,14-,15+,16?;/m1./s1. The Morgan fingerprint density at radius 3 is 2.58 bits per heavy atom. The summed E-state index contributed by atoms with van der Waals surface area (Å²) in [6.07, 6.45) is 0.810. The second-order valence-electron chi connectivity index (χ2n) is 6.29. The second kappa shape index (κ2) is 8.25. The van der Waals surface area contributed by atoms with E-state index in [4.69, 9.17) is 15.2 Å². The minimum atomic E-state index is -0.400.